The largest absolute Gasteiger partial charge is 0.494 e. The van der Waals surface area contributed by atoms with Gasteiger partial charge in [-0.15, -0.1) is 11.8 Å². The Labute approximate surface area is 183 Å². The third kappa shape index (κ3) is 4.50. The number of hydrogen-bond donors (Lipinski definition) is 2. The summed E-state index contributed by atoms with van der Waals surface area (Å²) in [5.74, 6) is -0.361. The van der Waals surface area contributed by atoms with E-state index in [2.05, 4.69) is 4.98 Å². The number of hydrogen-bond acceptors (Lipinski definition) is 6. The van der Waals surface area contributed by atoms with Gasteiger partial charge in [0.1, 0.15) is 5.56 Å². The molecule has 7 nitrogen and oxygen atoms in total. The van der Waals surface area contributed by atoms with Crippen LogP contribution in [0.5, 0.6) is 5.88 Å². The summed E-state index contributed by atoms with van der Waals surface area (Å²) in [4.78, 5) is 33.2. The van der Waals surface area contributed by atoms with Crippen molar-refractivity contribution >= 4 is 23.2 Å². The molecule has 8 heteroatoms. The summed E-state index contributed by atoms with van der Waals surface area (Å²) < 4.78 is 6.20. The van der Waals surface area contributed by atoms with E-state index in [1.165, 1.54) is 4.57 Å². The van der Waals surface area contributed by atoms with E-state index in [0.717, 1.165) is 16.1 Å². The van der Waals surface area contributed by atoms with Gasteiger partial charge in [-0.25, -0.2) is 4.79 Å². The zero-order chi connectivity index (χ0) is 21.8. The normalized spacial score (nSPS) is 15.8. The van der Waals surface area contributed by atoms with Crippen LogP contribution in [-0.4, -0.2) is 34.1 Å². The van der Waals surface area contributed by atoms with E-state index in [4.69, 9.17) is 9.73 Å². The summed E-state index contributed by atoms with van der Waals surface area (Å²) in [5, 5.41) is 10.9. The Morgan fingerprint density at radius 3 is 2.68 bits per heavy atom. The van der Waals surface area contributed by atoms with E-state index in [-0.39, 0.29) is 23.2 Å². The number of H-pyrrole nitrogens is 1. The number of aromatic nitrogens is 2. The van der Waals surface area contributed by atoms with E-state index in [1.54, 1.807) is 18.9 Å². The van der Waals surface area contributed by atoms with Crippen LogP contribution in [0.3, 0.4) is 0 Å². The van der Waals surface area contributed by atoms with Gasteiger partial charge in [0.05, 0.1) is 11.4 Å². The second-order valence-corrected chi connectivity index (χ2v) is 8.45. The van der Waals surface area contributed by atoms with Gasteiger partial charge in [-0.3, -0.25) is 19.3 Å². The first-order valence-corrected chi connectivity index (χ1v) is 10.9. The van der Waals surface area contributed by atoms with Crippen molar-refractivity contribution in [2.24, 2.45) is 4.99 Å². The van der Waals surface area contributed by atoms with Crippen molar-refractivity contribution in [3.63, 3.8) is 0 Å². The first kappa shape index (κ1) is 21.1. The smallest absolute Gasteiger partial charge is 0.331 e. The number of aromatic amines is 1. The Morgan fingerprint density at radius 1 is 1.16 bits per heavy atom. The zero-order valence-corrected chi connectivity index (χ0v) is 17.9. The van der Waals surface area contributed by atoms with Gasteiger partial charge in [-0.2, -0.15) is 0 Å². The molecule has 1 aromatic heterocycles. The lowest BCUT2D eigenvalue weighted by atomic mass is 10.0. The van der Waals surface area contributed by atoms with Crippen LogP contribution in [0.1, 0.15) is 29.2 Å². The molecule has 1 atom stereocenters. The van der Waals surface area contributed by atoms with Crippen molar-refractivity contribution in [1.29, 1.82) is 0 Å². The number of ether oxygens (including phenoxy) is 1. The minimum Gasteiger partial charge on any atom is -0.494 e. The monoisotopic (exact) mass is 437 g/mol. The molecule has 0 aliphatic carbocycles. The average Bonchev–Trinajstić information content (AvgIpc) is 2.96. The standard InChI is InChI=1S/C23H23N3O4S/c1-30-13-7-12-26-22(28)20(21(27)25-23(26)29)17-14-19(15-8-3-2-4-9-15)31-18-11-6-5-10-16(18)24-17/h2-6,8-11,19,28H,7,12-14H2,1H3,(H,25,27,29)/t19-/m1/s1. The molecule has 0 fully saturated rings. The van der Waals surface area contributed by atoms with Gasteiger partial charge >= 0.3 is 5.69 Å². The van der Waals surface area contributed by atoms with Crippen LogP contribution in [0.4, 0.5) is 5.69 Å². The van der Waals surface area contributed by atoms with Crippen molar-refractivity contribution in [3.8, 4) is 5.88 Å². The Kier molecular flexibility index (Phi) is 6.39. The van der Waals surface area contributed by atoms with Crippen molar-refractivity contribution in [3.05, 3.63) is 86.6 Å². The van der Waals surface area contributed by atoms with Crippen LogP contribution >= 0.6 is 11.8 Å². The highest BCUT2D eigenvalue weighted by Gasteiger charge is 2.27. The highest BCUT2D eigenvalue weighted by atomic mass is 32.2. The highest BCUT2D eigenvalue weighted by molar-refractivity contribution is 7.99. The molecule has 1 aliphatic rings. The molecule has 0 saturated carbocycles. The first-order valence-electron chi connectivity index (χ1n) is 10.0. The molecular weight excluding hydrogens is 414 g/mol. The minimum absolute atomic E-state index is 0.00345. The number of nitrogens with one attached hydrogen (secondary N) is 1. The predicted molar refractivity (Wildman–Crippen MR) is 122 cm³/mol. The summed E-state index contributed by atoms with van der Waals surface area (Å²) in [5.41, 5.74) is 1.03. The number of benzene rings is 2. The van der Waals surface area contributed by atoms with Gasteiger partial charge in [-0.1, -0.05) is 42.5 Å². The van der Waals surface area contributed by atoms with Gasteiger partial charge in [-0.05, 0) is 24.1 Å². The van der Waals surface area contributed by atoms with E-state index >= 15 is 0 Å². The molecule has 0 unspecified atom stereocenters. The summed E-state index contributed by atoms with van der Waals surface area (Å²) in [6.45, 7) is 0.657. The van der Waals surface area contributed by atoms with Crippen molar-refractivity contribution in [1.82, 2.24) is 9.55 Å². The fourth-order valence-electron chi connectivity index (χ4n) is 3.62. The molecule has 0 bridgehead atoms. The van der Waals surface area contributed by atoms with Crippen molar-refractivity contribution in [2.75, 3.05) is 13.7 Å². The number of thioether (sulfide) groups is 1. The van der Waals surface area contributed by atoms with Gasteiger partial charge in [0.2, 0.25) is 5.88 Å². The van der Waals surface area contributed by atoms with E-state index in [0.29, 0.717) is 25.2 Å². The van der Waals surface area contributed by atoms with Gasteiger partial charge in [0, 0.05) is 36.8 Å². The summed E-state index contributed by atoms with van der Waals surface area (Å²) in [6.07, 6.45) is 0.948. The maximum atomic E-state index is 12.8. The third-order valence-corrected chi connectivity index (χ3v) is 6.45. The SMILES string of the molecule is COCCCn1c(O)c(C2=Nc3ccccc3S[C@@H](c3ccccc3)C2)c(=O)[nH]c1=O. The second kappa shape index (κ2) is 9.36. The van der Waals surface area contributed by atoms with Crippen molar-refractivity contribution in [2.45, 2.75) is 29.5 Å². The predicted octanol–water partition coefficient (Wildman–Crippen LogP) is 3.64. The number of fused-ring (bicyclic) bond motifs is 1. The molecule has 1 aliphatic heterocycles. The van der Waals surface area contributed by atoms with Crippen LogP contribution in [0.15, 0.2) is 74.1 Å². The van der Waals surface area contributed by atoms with E-state index in [1.807, 2.05) is 54.6 Å². The van der Waals surface area contributed by atoms with E-state index < -0.39 is 11.2 Å². The lowest BCUT2D eigenvalue weighted by molar-refractivity contribution is 0.188. The molecule has 2 N–H and O–H groups in total. The van der Waals surface area contributed by atoms with Crippen LogP contribution in [-0.2, 0) is 11.3 Å². The summed E-state index contributed by atoms with van der Waals surface area (Å²) >= 11 is 1.67. The maximum Gasteiger partial charge on any atom is 0.331 e. The number of nitrogens with zero attached hydrogens (tertiary/aromatic N) is 2. The number of aliphatic imine (C=N–C) groups is 1. The molecule has 0 radical (unpaired) electrons. The van der Waals surface area contributed by atoms with Crippen LogP contribution < -0.4 is 11.2 Å². The lowest BCUT2D eigenvalue weighted by Gasteiger charge is -2.17. The molecule has 31 heavy (non-hydrogen) atoms. The molecule has 2 aromatic carbocycles. The highest BCUT2D eigenvalue weighted by Crippen LogP contribution is 2.45. The Morgan fingerprint density at radius 2 is 1.90 bits per heavy atom. The number of methoxy groups -OCH3 is 1. The molecule has 0 saturated heterocycles. The molecule has 2 heterocycles. The quantitative estimate of drug-likeness (QED) is 0.574. The fraction of sp³-hybridized carbons (Fsp3) is 0.261. The van der Waals surface area contributed by atoms with E-state index in [9.17, 15) is 14.7 Å². The Hall–Kier alpha value is -3.10. The second-order valence-electron chi connectivity index (χ2n) is 7.20. The number of rotatable bonds is 6. The first-order chi connectivity index (χ1) is 15.1. The summed E-state index contributed by atoms with van der Waals surface area (Å²) in [6, 6.07) is 17.7. The zero-order valence-electron chi connectivity index (χ0n) is 17.1. The fourth-order valence-corrected chi connectivity index (χ4v) is 4.85. The van der Waals surface area contributed by atoms with Crippen LogP contribution in [0.25, 0.3) is 0 Å². The lowest BCUT2D eigenvalue weighted by Crippen LogP contribution is -2.34. The molecule has 0 amide bonds. The van der Waals surface area contributed by atoms with Crippen LogP contribution in [0, 0.1) is 0 Å². The third-order valence-electron chi connectivity index (χ3n) is 5.13. The van der Waals surface area contributed by atoms with Crippen LogP contribution in [0.2, 0.25) is 0 Å². The molecule has 3 aromatic rings. The van der Waals surface area contributed by atoms with Gasteiger partial charge in [0.25, 0.3) is 5.56 Å². The Balaban J connectivity index is 1.84. The molecule has 4 rings (SSSR count). The van der Waals surface area contributed by atoms with Crippen molar-refractivity contribution < 1.29 is 9.84 Å². The van der Waals surface area contributed by atoms with Gasteiger partial charge in [0.15, 0.2) is 0 Å². The van der Waals surface area contributed by atoms with Gasteiger partial charge < -0.3 is 9.84 Å². The average molecular weight is 438 g/mol. The molecular formula is C23H23N3O4S. The minimum atomic E-state index is -0.647. The maximum absolute atomic E-state index is 12.8. The topological polar surface area (TPSA) is 96.7 Å². The molecule has 160 valence electrons. The Bertz CT molecular complexity index is 1220. The molecule has 0 spiro atoms. The number of aromatic hydroxyl groups is 1. The number of para-hydroxylation sites is 1. The summed E-state index contributed by atoms with van der Waals surface area (Å²) in [7, 11) is 1.57.